The number of aliphatic hydroxyl groups excluding tert-OH is 12. The summed E-state index contributed by atoms with van der Waals surface area (Å²) >= 11 is 0. The monoisotopic (exact) mass is 991 g/mol. The number of rotatable bonds is 17. The number of ether oxygens (including phenoxy) is 9. The normalized spacial score (nSPS) is 45.5. The van der Waals surface area contributed by atoms with E-state index < -0.39 is 210 Å². The highest BCUT2D eigenvalue weighted by Crippen LogP contribution is 2.35. The van der Waals surface area contributed by atoms with Crippen LogP contribution in [0.15, 0.2) is 0 Å². The Balaban J connectivity index is 1.38. The maximum absolute atomic E-state index is 12.6. The van der Waals surface area contributed by atoms with E-state index in [4.69, 9.17) is 48.4 Å². The van der Waals surface area contributed by atoms with Crippen LogP contribution in [0.5, 0.6) is 0 Å². The molecule has 25 atom stereocenters. The summed E-state index contributed by atoms with van der Waals surface area (Å²) in [4.78, 5) is 49.4. The van der Waals surface area contributed by atoms with Crippen LogP contribution >= 0.6 is 0 Å². The molecular formula is C38H65N5O25. The van der Waals surface area contributed by atoms with Gasteiger partial charge in [0.2, 0.25) is 23.6 Å². The molecule has 0 radical (unpaired) electrons. The quantitative estimate of drug-likeness (QED) is 0.0643. The first-order valence-corrected chi connectivity index (χ1v) is 21.6. The zero-order chi connectivity index (χ0) is 50.5. The highest BCUT2D eigenvalue weighted by Gasteiger charge is 2.57. The Morgan fingerprint density at radius 1 is 0.397 bits per heavy atom. The van der Waals surface area contributed by atoms with E-state index in [1.54, 1.807) is 0 Å². The molecule has 5 heterocycles. The number of aliphatic hydroxyl groups is 12. The van der Waals surface area contributed by atoms with E-state index in [-0.39, 0.29) is 0 Å². The average Bonchev–Trinajstić information content (AvgIpc) is 3.28. The van der Waals surface area contributed by atoms with Crippen LogP contribution in [-0.2, 0) is 61.8 Å². The predicted octanol–water partition coefficient (Wildman–Crippen LogP) is -11.4. The second-order valence-corrected chi connectivity index (χ2v) is 17.0. The molecule has 0 aliphatic carbocycles. The molecule has 392 valence electrons. The lowest BCUT2D eigenvalue weighted by Crippen LogP contribution is -2.72. The van der Waals surface area contributed by atoms with Gasteiger partial charge >= 0.3 is 0 Å². The lowest BCUT2D eigenvalue weighted by Gasteiger charge is -2.51. The van der Waals surface area contributed by atoms with Crippen LogP contribution in [-0.4, -0.2) is 271 Å². The molecular weight excluding hydrogens is 926 g/mol. The van der Waals surface area contributed by atoms with Gasteiger partial charge in [0.1, 0.15) is 116 Å². The van der Waals surface area contributed by atoms with E-state index in [9.17, 15) is 80.5 Å². The fourth-order valence-electron chi connectivity index (χ4n) is 8.70. The summed E-state index contributed by atoms with van der Waals surface area (Å²) in [6, 6.07) is -7.91. The predicted molar refractivity (Wildman–Crippen MR) is 215 cm³/mol. The van der Waals surface area contributed by atoms with Crippen LogP contribution in [0.1, 0.15) is 27.7 Å². The van der Waals surface area contributed by atoms with Gasteiger partial charge in [0.05, 0.1) is 39.1 Å². The number of nitrogens with two attached hydrogens (primary N) is 1. The van der Waals surface area contributed by atoms with E-state index in [0.717, 1.165) is 27.7 Å². The first-order chi connectivity index (χ1) is 32.1. The van der Waals surface area contributed by atoms with Gasteiger partial charge in [-0.15, -0.1) is 0 Å². The van der Waals surface area contributed by atoms with Gasteiger partial charge in [0.15, 0.2) is 31.5 Å². The molecule has 5 saturated heterocycles. The zero-order valence-electron chi connectivity index (χ0n) is 37.2. The summed E-state index contributed by atoms with van der Waals surface area (Å²) in [7, 11) is 0. The summed E-state index contributed by atoms with van der Waals surface area (Å²) in [5.41, 5.74) is 6.01. The maximum atomic E-state index is 12.6. The molecule has 4 amide bonds. The minimum absolute atomic E-state index is 0.682. The Kier molecular flexibility index (Phi) is 20.1. The van der Waals surface area contributed by atoms with E-state index in [1.807, 2.05) is 0 Å². The van der Waals surface area contributed by atoms with E-state index in [1.165, 1.54) is 0 Å². The molecule has 5 fully saturated rings. The van der Waals surface area contributed by atoms with Crippen LogP contribution in [0.4, 0.5) is 0 Å². The molecule has 5 aliphatic heterocycles. The Morgan fingerprint density at radius 2 is 0.662 bits per heavy atom. The minimum Gasteiger partial charge on any atom is -0.394 e. The third-order valence-electron chi connectivity index (χ3n) is 12.0. The van der Waals surface area contributed by atoms with Gasteiger partial charge in [-0.1, -0.05) is 0 Å². The first kappa shape index (κ1) is 55.9. The van der Waals surface area contributed by atoms with Gasteiger partial charge < -0.3 is 131 Å². The SMILES string of the molecule is CC(=O)N[C@@H]1[C@@H](O)[C@H](O[C@@H]2O[C@H](CO)[C@@H](O[C@@H]3O[C@H](CO)[C@@H](O[C@@H]4O[C@H](CO)[C@@H](O[C@@H]5O[C@H](CO)[C@@H](O)[C@H](O)[C@H]5N)[C@H](O)[C@H]4NC(C)=O)[C@H](O)[C@H]3NC(C)=O)[C@H](O)[C@H]2NC(C)=O)[C@@H](CO)O[C@H]1O. The second kappa shape index (κ2) is 24.4. The highest BCUT2D eigenvalue weighted by molar-refractivity contribution is 5.74. The Hall–Kier alpha value is -3.00. The number of carbonyl (C=O) groups excluding carboxylic acids is 4. The molecule has 0 aromatic rings. The lowest BCUT2D eigenvalue weighted by atomic mass is 9.93. The van der Waals surface area contributed by atoms with Gasteiger partial charge in [-0.2, -0.15) is 0 Å². The van der Waals surface area contributed by atoms with Crippen molar-refractivity contribution in [1.29, 1.82) is 0 Å². The second-order valence-electron chi connectivity index (χ2n) is 17.0. The average molecular weight is 992 g/mol. The van der Waals surface area contributed by atoms with E-state index in [2.05, 4.69) is 21.3 Å². The van der Waals surface area contributed by atoms with Crippen molar-refractivity contribution < 1.29 is 123 Å². The Bertz CT molecular complexity index is 1680. The van der Waals surface area contributed by atoms with Crippen molar-refractivity contribution in [2.45, 2.75) is 181 Å². The molecule has 30 nitrogen and oxygen atoms in total. The van der Waals surface area contributed by atoms with Gasteiger partial charge in [-0.25, -0.2) is 0 Å². The van der Waals surface area contributed by atoms with E-state index in [0.29, 0.717) is 0 Å². The third kappa shape index (κ3) is 12.5. The summed E-state index contributed by atoms with van der Waals surface area (Å²) in [5.74, 6) is -3.01. The summed E-state index contributed by atoms with van der Waals surface area (Å²) in [5, 5.41) is 138. The smallest absolute Gasteiger partial charge is 0.217 e. The molecule has 0 aromatic heterocycles. The number of hydrogen-bond acceptors (Lipinski definition) is 26. The summed E-state index contributed by atoms with van der Waals surface area (Å²) < 4.78 is 52.6. The molecule has 5 aliphatic rings. The molecule has 18 N–H and O–H groups in total. The third-order valence-corrected chi connectivity index (χ3v) is 12.0. The fraction of sp³-hybridized carbons (Fsp3) is 0.895. The Labute approximate surface area is 387 Å². The summed E-state index contributed by atoms with van der Waals surface area (Å²) in [6.45, 7) is -0.224. The van der Waals surface area contributed by atoms with Crippen LogP contribution < -0.4 is 27.0 Å². The van der Waals surface area contributed by atoms with Crippen molar-refractivity contribution in [3.05, 3.63) is 0 Å². The summed E-state index contributed by atoms with van der Waals surface area (Å²) in [6.07, 6.45) is -34.2. The molecule has 0 aromatic carbocycles. The molecule has 0 unspecified atom stereocenters. The Morgan fingerprint density at radius 3 is 0.971 bits per heavy atom. The highest BCUT2D eigenvalue weighted by atomic mass is 16.8. The number of amides is 4. The molecule has 30 heteroatoms. The molecule has 0 saturated carbocycles. The molecule has 5 rings (SSSR count). The van der Waals surface area contributed by atoms with E-state index >= 15 is 0 Å². The van der Waals surface area contributed by atoms with Crippen molar-refractivity contribution >= 4 is 23.6 Å². The van der Waals surface area contributed by atoms with Crippen LogP contribution in [0.25, 0.3) is 0 Å². The number of nitrogens with one attached hydrogen (secondary N) is 4. The lowest BCUT2D eigenvalue weighted by molar-refractivity contribution is -0.367. The molecule has 0 bridgehead atoms. The van der Waals surface area contributed by atoms with Gasteiger partial charge in [-0.05, 0) is 0 Å². The zero-order valence-corrected chi connectivity index (χ0v) is 37.2. The van der Waals surface area contributed by atoms with Gasteiger partial charge in [0.25, 0.3) is 0 Å². The topological polar surface area (TPSA) is 468 Å². The van der Waals surface area contributed by atoms with Crippen LogP contribution in [0, 0.1) is 0 Å². The number of carbonyl (C=O) groups is 4. The minimum atomic E-state index is -1.97. The van der Waals surface area contributed by atoms with Crippen LogP contribution in [0.3, 0.4) is 0 Å². The van der Waals surface area contributed by atoms with Crippen molar-refractivity contribution in [2.24, 2.45) is 5.73 Å². The molecule has 68 heavy (non-hydrogen) atoms. The van der Waals surface area contributed by atoms with Crippen molar-refractivity contribution in [1.82, 2.24) is 21.3 Å². The standard InChI is InChI=1S/C38H65N5O25/c1-10(49)40-20-26(55)30(15(6-45)60-34(20)59)66-36-22(42-12(3)51)28(57)32(17(8-47)63-36)68-38-23(43-13(4)52)29(58)33(18(9-48)64-38)67-37-21(41-11(2)50)27(56)31(16(7-46)62-37)65-35-19(39)25(54)24(53)14(5-44)61-35/h14-38,44-48,53-59H,5-9,39H2,1-4H3,(H,40,49)(H,41,50)(H,42,51)(H,43,52)/t14-,15-,16-,17-,18-,19-,20-,21-,22-,23-,24-,25-,26-,27-,28-,29-,30-,31-,32-,33-,34-,35+,36+,37+,38+/m1/s1. The number of hydrogen-bond donors (Lipinski definition) is 17. The van der Waals surface area contributed by atoms with Crippen molar-refractivity contribution in [3.8, 4) is 0 Å². The van der Waals surface area contributed by atoms with Crippen LogP contribution in [0.2, 0.25) is 0 Å². The van der Waals surface area contributed by atoms with Gasteiger partial charge in [-0.3, -0.25) is 19.2 Å². The van der Waals surface area contributed by atoms with Crippen molar-refractivity contribution in [2.75, 3.05) is 33.0 Å². The fourth-order valence-corrected chi connectivity index (χ4v) is 8.70. The first-order valence-electron chi connectivity index (χ1n) is 21.6. The van der Waals surface area contributed by atoms with Crippen molar-refractivity contribution in [3.63, 3.8) is 0 Å². The largest absolute Gasteiger partial charge is 0.394 e. The molecule has 0 spiro atoms. The van der Waals surface area contributed by atoms with Gasteiger partial charge in [0, 0.05) is 27.7 Å². The maximum Gasteiger partial charge on any atom is 0.217 e.